The van der Waals surface area contributed by atoms with Crippen molar-refractivity contribution in [3.8, 4) is 0 Å². The van der Waals surface area contributed by atoms with Gasteiger partial charge in [0.2, 0.25) is 0 Å². The molecule has 4 nitrogen and oxygen atoms in total. The first-order chi connectivity index (χ1) is 8.13. The Balaban J connectivity index is 2.67. The third-order valence-electron chi connectivity index (χ3n) is 2.01. The van der Waals surface area contributed by atoms with Gasteiger partial charge in [-0.3, -0.25) is 10.1 Å². The molecule has 1 N–H and O–H groups in total. The van der Waals surface area contributed by atoms with Crippen molar-refractivity contribution < 1.29 is 26.9 Å². The first kappa shape index (κ1) is 14.1. The number of rotatable bonds is 4. The molecule has 9 heteroatoms. The van der Waals surface area contributed by atoms with Gasteiger partial charge in [-0.05, 0) is 12.1 Å². The van der Waals surface area contributed by atoms with Crippen LogP contribution in [0.5, 0.6) is 0 Å². The Labute approximate surface area is 97.6 Å². The van der Waals surface area contributed by atoms with Crippen LogP contribution in [0.4, 0.5) is 33.3 Å². The third-order valence-corrected chi connectivity index (χ3v) is 2.01. The van der Waals surface area contributed by atoms with Gasteiger partial charge in [0.05, 0.1) is 11.5 Å². The fraction of sp³-hybridized carbons (Fsp3) is 0.333. The van der Waals surface area contributed by atoms with Crippen molar-refractivity contribution >= 4 is 11.4 Å². The largest absolute Gasteiger partial charge is 0.455 e. The van der Waals surface area contributed by atoms with Gasteiger partial charge in [-0.2, -0.15) is 22.0 Å². The predicted octanol–water partition coefficient (Wildman–Crippen LogP) is 3.20. The Morgan fingerprint density at radius 3 is 2.00 bits per heavy atom. The van der Waals surface area contributed by atoms with Crippen LogP contribution < -0.4 is 5.32 Å². The smallest absolute Gasteiger partial charge is 0.379 e. The van der Waals surface area contributed by atoms with Gasteiger partial charge in [0, 0.05) is 17.8 Å². The van der Waals surface area contributed by atoms with Gasteiger partial charge in [-0.25, -0.2) is 0 Å². The van der Waals surface area contributed by atoms with Crippen LogP contribution in [-0.2, 0) is 0 Å². The zero-order valence-electron chi connectivity index (χ0n) is 8.67. The van der Waals surface area contributed by atoms with Crippen LogP contribution in [-0.4, -0.2) is 23.6 Å². The van der Waals surface area contributed by atoms with Crippen molar-refractivity contribution in [1.82, 2.24) is 0 Å². The van der Waals surface area contributed by atoms with Gasteiger partial charge in [-0.15, -0.1) is 0 Å². The minimum Gasteiger partial charge on any atom is -0.379 e. The molecule has 0 aliphatic rings. The van der Waals surface area contributed by atoms with E-state index < -0.39 is 23.6 Å². The van der Waals surface area contributed by atoms with Crippen LogP contribution in [0.1, 0.15) is 0 Å². The van der Waals surface area contributed by atoms with Crippen molar-refractivity contribution in [1.29, 1.82) is 0 Å². The molecule has 0 aromatic heterocycles. The molecule has 0 atom stereocenters. The predicted molar refractivity (Wildman–Crippen MR) is 52.6 cm³/mol. The van der Waals surface area contributed by atoms with E-state index in [0.29, 0.717) is 0 Å². The number of benzene rings is 1. The molecule has 100 valence electrons. The van der Waals surface area contributed by atoms with Gasteiger partial charge in [0.25, 0.3) is 5.69 Å². The molecule has 0 amide bonds. The number of nitrogens with zero attached hydrogens (tertiary/aromatic N) is 1. The molecule has 0 aliphatic heterocycles. The number of hydrogen-bond acceptors (Lipinski definition) is 3. The number of halogens is 5. The number of alkyl halides is 5. The Hall–Kier alpha value is -1.93. The molecule has 0 bridgehead atoms. The summed E-state index contributed by atoms with van der Waals surface area (Å²) in [6.45, 7) is -1.63. The van der Waals surface area contributed by atoms with E-state index in [2.05, 4.69) is 0 Å². The van der Waals surface area contributed by atoms with Crippen molar-refractivity contribution in [2.45, 2.75) is 12.1 Å². The van der Waals surface area contributed by atoms with E-state index in [9.17, 15) is 32.1 Å². The lowest BCUT2D eigenvalue weighted by atomic mass is 10.2. The molecule has 0 heterocycles. The zero-order chi connectivity index (χ0) is 14.0. The number of nitro benzene ring substituents is 1. The maximum atomic E-state index is 12.5. The fourth-order valence-corrected chi connectivity index (χ4v) is 1.01. The second kappa shape index (κ2) is 4.75. The first-order valence-electron chi connectivity index (χ1n) is 4.56. The molecule has 1 aromatic rings. The summed E-state index contributed by atoms with van der Waals surface area (Å²) in [5.74, 6) is -4.87. The van der Waals surface area contributed by atoms with Crippen LogP contribution in [0, 0.1) is 10.1 Å². The number of nitro groups is 1. The van der Waals surface area contributed by atoms with Crippen LogP contribution in [0.15, 0.2) is 24.3 Å². The molecule has 0 saturated carbocycles. The molecule has 18 heavy (non-hydrogen) atoms. The highest BCUT2D eigenvalue weighted by atomic mass is 19.4. The third kappa shape index (κ3) is 3.28. The van der Waals surface area contributed by atoms with Crippen molar-refractivity contribution in [2.75, 3.05) is 11.9 Å². The van der Waals surface area contributed by atoms with Crippen molar-refractivity contribution in [3.05, 3.63) is 34.4 Å². The van der Waals surface area contributed by atoms with Gasteiger partial charge >= 0.3 is 12.1 Å². The van der Waals surface area contributed by atoms with Gasteiger partial charge in [0.1, 0.15) is 0 Å². The minimum atomic E-state index is -5.64. The molecule has 0 saturated heterocycles. The Kier molecular flexibility index (Phi) is 3.73. The molecule has 1 rings (SSSR count). The van der Waals surface area contributed by atoms with E-state index in [0.717, 1.165) is 24.3 Å². The van der Waals surface area contributed by atoms with Gasteiger partial charge in [0.15, 0.2) is 0 Å². The van der Waals surface area contributed by atoms with Gasteiger partial charge < -0.3 is 5.32 Å². The number of hydrogen-bond donors (Lipinski definition) is 1. The van der Waals surface area contributed by atoms with Crippen LogP contribution in [0.2, 0.25) is 0 Å². The summed E-state index contributed by atoms with van der Waals surface area (Å²) < 4.78 is 60.5. The lowest BCUT2D eigenvalue weighted by Gasteiger charge is -2.20. The van der Waals surface area contributed by atoms with E-state index >= 15 is 0 Å². The summed E-state index contributed by atoms with van der Waals surface area (Å²) in [4.78, 5) is 9.56. The number of non-ortho nitro benzene ring substituents is 1. The van der Waals surface area contributed by atoms with Gasteiger partial charge in [-0.1, -0.05) is 0 Å². The average molecular weight is 270 g/mol. The molecule has 0 fully saturated rings. The van der Waals surface area contributed by atoms with Crippen molar-refractivity contribution in [2.24, 2.45) is 0 Å². The second-order valence-corrected chi connectivity index (χ2v) is 3.36. The quantitative estimate of drug-likeness (QED) is 0.519. The standard InChI is InChI=1S/C9H7F5N2O2/c10-8(11,9(12,13)14)5-15-6-1-3-7(4-2-6)16(17)18/h1-4,15H,5H2. The summed E-state index contributed by atoms with van der Waals surface area (Å²) in [6.07, 6.45) is -5.64. The number of nitrogens with one attached hydrogen (secondary N) is 1. The Bertz CT molecular complexity index is 430. The van der Waals surface area contributed by atoms with E-state index in [-0.39, 0.29) is 11.4 Å². The highest BCUT2D eigenvalue weighted by Crippen LogP contribution is 2.35. The van der Waals surface area contributed by atoms with E-state index in [1.54, 1.807) is 0 Å². The average Bonchev–Trinajstić information content (AvgIpc) is 2.25. The lowest BCUT2D eigenvalue weighted by Crippen LogP contribution is -2.42. The minimum absolute atomic E-state index is 0.0653. The highest BCUT2D eigenvalue weighted by Gasteiger charge is 2.57. The summed E-state index contributed by atoms with van der Waals surface area (Å²) in [7, 11) is 0. The SMILES string of the molecule is O=[N+]([O-])c1ccc(NCC(F)(F)C(F)(F)F)cc1. The number of anilines is 1. The van der Waals surface area contributed by atoms with Crippen molar-refractivity contribution in [3.63, 3.8) is 0 Å². The second-order valence-electron chi connectivity index (χ2n) is 3.36. The van der Waals surface area contributed by atoms with Crippen LogP contribution in [0.25, 0.3) is 0 Å². The zero-order valence-corrected chi connectivity index (χ0v) is 8.67. The summed E-state index contributed by atoms with van der Waals surface area (Å²) in [5, 5.41) is 12.1. The van der Waals surface area contributed by atoms with Crippen LogP contribution in [0.3, 0.4) is 0 Å². The Morgan fingerprint density at radius 2 is 1.61 bits per heavy atom. The fourth-order valence-electron chi connectivity index (χ4n) is 1.01. The molecule has 0 radical (unpaired) electrons. The normalized spacial score (nSPS) is 12.3. The molecule has 0 unspecified atom stereocenters. The van der Waals surface area contributed by atoms with E-state index in [1.807, 2.05) is 5.32 Å². The maximum Gasteiger partial charge on any atom is 0.455 e. The first-order valence-corrected chi connectivity index (χ1v) is 4.56. The highest BCUT2D eigenvalue weighted by molar-refractivity contribution is 5.48. The summed E-state index contributed by atoms with van der Waals surface area (Å²) in [6, 6.07) is 4.08. The Morgan fingerprint density at radius 1 is 1.11 bits per heavy atom. The lowest BCUT2D eigenvalue weighted by molar-refractivity contribution is -0.384. The summed E-state index contributed by atoms with van der Waals surface area (Å²) in [5.41, 5.74) is -0.354. The molecule has 1 aromatic carbocycles. The molecule has 0 spiro atoms. The summed E-state index contributed by atoms with van der Waals surface area (Å²) >= 11 is 0. The van der Waals surface area contributed by atoms with E-state index in [4.69, 9.17) is 0 Å². The topological polar surface area (TPSA) is 55.2 Å². The van der Waals surface area contributed by atoms with Crippen LogP contribution >= 0.6 is 0 Å². The molecular formula is C9H7F5N2O2. The van der Waals surface area contributed by atoms with E-state index in [1.165, 1.54) is 0 Å². The molecule has 0 aliphatic carbocycles. The maximum absolute atomic E-state index is 12.5. The molecular weight excluding hydrogens is 263 g/mol. The monoisotopic (exact) mass is 270 g/mol.